The molecular formula is C27H25N5O2S. The quantitative estimate of drug-likeness (QED) is 0.278. The van der Waals surface area contributed by atoms with Gasteiger partial charge in [0.15, 0.2) is 5.16 Å². The molecule has 4 rings (SSSR count). The van der Waals surface area contributed by atoms with Crippen LogP contribution in [-0.2, 0) is 4.79 Å². The van der Waals surface area contributed by atoms with Crippen molar-refractivity contribution in [1.82, 2.24) is 14.5 Å². The van der Waals surface area contributed by atoms with E-state index in [4.69, 9.17) is 10.2 Å². The van der Waals surface area contributed by atoms with E-state index < -0.39 is 0 Å². The largest absolute Gasteiger partial charge is 0.311 e. The van der Waals surface area contributed by atoms with Gasteiger partial charge in [-0.15, -0.1) is 0 Å². The number of nitrogens with zero attached hydrogens (tertiary/aromatic N) is 5. The first-order valence-corrected chi connectivity index (χ1v) is 12.2. The van der Waals surface area contributed by atoms with E-state index in [1.807, 2.05) is 57.2 Å². The average molecular weight is 484 g/mol. The molecule has 0 spiro atoms. The SMILES string of the molecule is Cc1ccnc(-n2c(SCC(=O)N(CCC#N)c3ccc(C)c(C)c3)nc3ccccc3c2=O)c1. The van der Waals surface area contributed by atoms with E-state index in [1.54, 1.807) is 29.3 Å². The first-order valence-electron chi connectivity index (χ1n) is 11.2. The number of benzene rings is 2. The minimum absolute atomic E-state index is 0.0505. The molecule has 1 amide bonds. The maximum atomic E-state index is 13.4. The number of pyridine rings is 1. The molecule has 0 unspecified atom stereocenters. The molecule has 0 bridgehead atoms. The highest BCUT2D eigenvalue weighted by atomic mass is 32.2. The highest BCUT2D eigenvalue weighted by Crippen LogP contribution is 2.24. The molecule has 4 aromatic rings. The summed E-state index contributed by atoms with van der Waals surface area (Å²) in [6.45, 7) is 6.22. The molecule has 7 nitrogen and oxygen atoms in total. The van der Waals surface area contributed by atoms with Crippen molar-refractivity contribution in [3.63, 3.8) is 0 Å². The van der Waals surface area contributed by atoms with Gasteiger partial charge in [0.1, 0.15) is 5.82 Å². The molecule has 0 aliphatic carbocycles. The van der Waals surface area contributed by atoms with Gasteiger partial charge >= 0.3 is 0 Å². The van der Waals surface area contributed by atoms with Gasteiger partial charge in [0.25, 0.3) is 5.56 Å². The second-order valence-electron chi connectivity index (χ2n) is 8.25. The van der Waals surface area contributed by atoms with Crippen LogP contribution < -0.4 is 10.5 Å². The van der Waals surface area contributed by atoms with Crippen molar-refractivity contribution in [2.24, 2.45) is 0 Å². The maximum Gasteiger partial charge on any atom is 0.267 e. The van der Waals surface area contributed by atoms with Gasteiger partial charge in [-0.25, -0.2) is 14.5 Å². The topological polar surface area (TPSA) is 91.9 Å². The number of amides is 1. The molecule has 0 atom stereocenters. The minimum Gasteiger partial charge on any atom is -0.311 e. The minimum atomic E-state index is -0.237. The van der Waals surface area contributed by atoms with Gasteiger partial charge in [-0.1, -0.05) is 30.0 Å². The molecule has 2 aromatic carbocycles. The maximum absolute atomic E-state index is 13.4. The summed E-state index contributed by atoms with van der Waals surface area (Å²) in [4.78, 5) is 37.4. The molecule has 0 saturated carbocycles. The van der Waals surface area contributed by atoms with Crippen LogP contribution in [0.15, 0.2) is 70.7 Å². The van der Waals surface area contributed by atoms with Gasteiger partial charge < -0.3 is 4.90 Å². The number of rotatable bonds is 7. The summed E-state index contributed by atoms with van der Waals surface area (Å²) < 4.78 is 1.46. The second-order valence-corrected chi connectivity index (χ2v) is 9.20. The van der Waals surface area contributed by atoms with Crippen molar-refractivity contribution < 1.29 is 4.79 Å². The van der Waals surface area contributed by atoms with Crippen LogP contribution in [0.25, 0.3) is 16.7 Å². The smallest absolute Gasteiger partial charge is 0.267 e. The number of carbonyl (C=O) groups is 1. The predicted octanol–water partition coefficient (Wildman–Crippen LogP) is 4.74. The Bertz CT molecular complexity index is 1510. The molecule has 35 heavy (non-hydrogen) atoms. The lowest BCUT2D eigenvalue weighted by atomic mass is 10.1. The molecule has 176 valence electrons. The standard InChI is InChI=1S/C27H25N5O2S/c1-18-11-13-29-24(15-18)32-26(34)22-7-4-5-8-23(22)30-27(32)35-17-25(33)31(14-6-12-28)21-10-9-19(2)20(3)16-21/h4-5,7-11,13,15-16H,6,14,17H2,1-3H3. The van der Waals surface area contributed by atoms with E-state index in [2.05, 4.69) is 11.1 Å². The zero-order chi connectivity index (χ0) is 24.9. The molecule has 0 radical (unpaired) electrons. The number of hydrogen-bond donors (Lipinski definition) is 0. The number of nitriles is 1. The highest BCUT2D eigenvalue weighted by Gasteiger charge is 2.20. The lowest BCUT2D eigenvalue weighted by molar-refractivity contribution is -0.116. The average Bonchev–Trinajstić information content (AvgIpc) is 2.85. The Morgan fingerprint density at radius 3 is 2.63 bits per heavy atom. The Hall–Kier alpha value is -3.96. The summed E-state index contributed by atoms with van der Waals surface area (Å²) >= 11 is 1.19. The zero-order valence-corrected chi connectivity index (χ0v) is 20.7. The molecule has 0 N–H and O–H groups in total. The summed E-state index contributed by atoms with van der Waals surface area (Å²) in [6.07, 6.45) is 1.87. The third-order valence-corrected chi connectivity index (χ3v) is 6.67. The van der Waals surface area contributed by atoms with E-state index in [-0.39, 0.29) is 30.2 Å². The lowest BCUT2D eigenvalue weighted by Gasteiger charge is -2.23. The number of aryl methyl sites for hydroxylation is 3. The Morgan fingerprint density at radius 1 is 1.09 bits per heavy atom. The van der Waals surface area contributed by atoms with Crippen LogP contribution >= 0.6 is 11.8 Å². The lowest BCUT2D eigenvalue weighted by Crippen LogP contribution is -2.33. The molecule has 0 aliphatic heterocycles. The number of aromatic nitrogens is 3. The predicted molar refractivity (Wildman–Crippen MR) is 139 cm³/mol. The van der Waals surface area contributed by atoms with E-state index in [0.717, 1.165) is 22.4 Å². The molecule has 0 saturated heterocycles. The number of fused-ring (bicyclic) bond motifs is 1. The molecule has 2 aromatic heterocycles. The summed E-state index contributed by atoms with van der Waals surface area (Å²) in [5.74, 6) is 0.341. The van der Waals surface area contributed by atoms with Gasteiger partial charge in [-0.3, -0.25) is 9.59 Å². The van der Waals surface area contributed by atoms with Crippen molar-refractivity contribution in [3.8, 4) is 11.9 Å². The van der Waals surface area contributed by atoms with Crippen molar-refractivity contribution in [2.75, 3.05) is 17.2 Å². The van der Waals surface area contributed by atoms with Crippen LogP contribution in [0.5, 0.6) is 0 Å². The number of anilines is 1. The van der Waals surface area contributed by atoms with Gasteiger partial charge in [-0.2, -0.15) is 5.26 Å². The van der Waals surface area contributed by atoms with Crippen molar-refractivity contribution in [1.29, 1.82) is 5.26 Å². The van der Waals surface area contributed by atoms with Crippen LogP contribution in [0.3, 0.4) is 0 Å². The monoisotopic (exact) mass is 483 g/mol. The third-order valence-electron chi connectivity index (χ3n) is 5.75. The Labute approximate surface area is 208 Å². The van der Waals surface area contributed by atoms with Gasteiger partial charge in [0, 0.05) is 18.4 Å². The highest BCUT2D eigenvalue weighted by molar-refractivity contribution is 7.99. The summed E-state index contributed by atoms with van der Waals surface area (Å²) in [5, 5.41) is 9.99. The first-order chi connectivity index (χ1) is 16.9. The summed E-state index contributed by atoms with van der Waals surface area (Å²) in [5.41, 5.74) is 4.23. The summed E-state index contributed by atoms with van der Waals surface area (Å²) in [6, 6.07) is 18.8. The van der Waals surface area contributed by atoms with Crippen LogP contribution in [0.2, 0.25) is 0 Å². The van der Waals surface area contributed by atoms with E-state index >= 15 is 0 Å². The van der Waals surface area contributed by atoms with Crippen LogP contribution in [0.4, 0.5) is 5.69 Å². The van der Waals surface area contributed by atoms with Gasteiger partial charge in [-0.05, 0) is 73.9 Å². The number of thioether (sulfide) groups is 1. The Morgan fingerprint density at radius 2 is 1.89 bits per heavy atom. The van der Waals surface area contributed by atoms with Crippen LogP contribution in [0, 0.1) is 32.1 Å². The number of para-hydroxylation sites is 1. The van der Waals surface area contributed by atoms with Gasteiger partial charge in [0.05, 0.1) is 29.1 Å². The van der Waals surface area contributed by atoms with E-state index in [9.17, 15) is 9.59 Å². The Balaban J connectivity index is 1.71. The second kappa shape index (κ2) is 10.5. The fourth-order valence-corrected chi connectivity index (χ4v) is 4.59. The van der Waals surface area contributed by atoms with E-state index in [0.29, 0.717) is 21.9 Å². The molecular weight excluding hydrogens is 458 g/mol. The molecule has 2 heterocycles. The van der Waals surface area contributed by atoms with Crippen molar-refractivity contribution in [2.45, 2.75) is 32.3 Å². The summed E-state index contributed by atoms with van der Waals surface area (Å²) in [7, 11) is 0. The number of carbonyl (C=O) groups excluding carboxylic acids is 1. The third kappa shape index (κ3) is 5.26. The zero-order valence-electron chi connectivity index (χ0n) is 19.9. The first kappa shape index (κ1) is 24.2. The molecule has 0 aliphatic rings. The van der Waals surface area contributed by atoms with E-state index in [1.165, 1.54) is 16.3 Å². The Kier molecular flexibility index (Phi) is 7.28. The fourth-order valence-electron chi connectivity index (χ4n) is 3.71. The fraction of sp³-hybridized carbons (Fsp3) is 0.222. The van der Waals surface area contributed by atoms with Gasteiger partial charge in [0.2, 0.25) is 5.91 Å². The molecule has 0 fully saturated rings. The normalized spacial score (nSPS) is 10.8. The van der Waals surface area contributed by atoms with Crippen LogP contribution in [0.1, 0.15) is 23.1 Å². The number of hydrogen-bond acceptors (Lipinski definition) is 6. The molecule has 8 heteroatoms. The van der Waals surface area contributed by atoms with Crippen molar-refractivity contribution in [3.05, 3.63) is 87.8 Å². The van der Waals surface area contributed by atoms with Crippen LogP contribution in [-0.4, -0.2) is 32.7 Å². The van der Waals surface area contributed by atoms with Crippen molar-refractivity contribution >= 4 is 34.3 Å².